The predicted octanol–water partition coefficient (Wildman–Crippen LogP) is 2.61. The summed E-state index contributed by atoms with van der Waals surface area (Å²) in [4.78, 5) is 31.4. The highest BCUT2D eigenvalue weighted by Gasteiger charge is 2.45. The molecule has 6 nitrogen and oxygen atoms in total. The van der Waals surface area contributed by atoms with Gasteiger partial charge in [-0.05, 0) is 30.9 Å². The van der Waals surface area contributed by atoms with Crippen molar-refractivity contribution in [3.8, 4) is 0 Å². The van der Waals surface area contributed by atoms with Gasteiger partial charge in [-0.15, -0.1) is 0 Å². The van der Waals surface area contributed by atoms with Crippen molar-refractivity contribution in [2.24, 2.45) is 21.9 Å². The topological polar surface area (TPSA) is 74.1 Å². The third kappa shape index (κ3) is 3.26. The van der Waals surface area contributed by atoms with E-state index in [4.69, 9.17) is 11.6 Å². The first-order valence-corrected chi connectivity index (χ1v) is 9.48. The minimum absolute atomic E-state index is 0.107. The van der Waals surface area contributed by atoms with Gasteiger partial charge in [-0.3, -0.25) is 14.6 Å². The molecular weight excluding hydrogens is 352 g/mol. The van der Waals surface area contributed by atoms with E-state index in [0.29, 0.717) is 23.2 Å². The normalized spacial score (nSPS) is 26.3. The zero-order chi connectivity index (χ0) is 18.1. The van der Waals surface area contributed by atoms with Crippen molar-refractivity contribution in [2.75, 3.05) is 6.54 Å². The molecule has 1 N–H and O–H groups in total. The molecule has 0 radical (unpaired) electrons. The van der Waals surface area contributed by atoms with Gasteiger partial charge < -0.3 is 4.90 Å². The maximum atomic E-state index is 13.2. The number of carbonyl (C=O) groups excluding carboxylic acids is 2. The lowest BCUT2D eigenvalue weighted by Gasteiger charge is -2.36. The van der Waals surface area contributed by atoms with Crippen LogP contribution in [0.4, 0.5) is 0 Å². The van der Waals surface area contributed by atoms with E-state index in [1.54, 1.807) is 23.4 Å². The first-order valence-electron chi connectivity index (χ1n) is 9.10. The lowest BCUT2D eigenvalue weighted by atomic mass is 9.85. The molecule has 26 heavy (non-hydrogen) atoms. The Morgan fingerprint density at radius 2 is 2.00 bits per heavy atom. The fourth-order valence-corrected chi connectivity index (χ4v) is 4.21. The van der Waals surface area contributed by atoms with Gasteiger partial charge in [0.1, 0.15) is 12.0 Å². The van der Waals surface area contributed by atoms with Gasteiger partial charge >= 0.3 is 0 Å². The van der Waals surface area contributed by atoms with Crippen LogP contribution in [0.25, 0.3) is 0 Å². The molecule has 2 atom stereocenters. The summed E-state index contributed by atoms with van der Waals surface area (Å²) in [5.74, 6) is -0.651. The molecule has 7 heteroatoms. The SMILES string of the molecule is O=C1NN=C(c2cccc(Cl)c2)C2C(=O)N(CC3CCCCC3)C=NC12. The lowest BCUT2D eigenvalue weighted by molar-refractivity contribution is -0.135. The Morgan fingerprint density at radius 1 is 1.19 bits per heavy atom. The smallest absolute Gasteiger partial charge is 0.266 e. The van der Waals surface area contributed by atoms with Crippen molar-refractivity contribution in [3.05, 3.63) is 34.9 Å². The Kier molecular flexibility index (Phi) is 4.76. The summed E-state index contributed by atoms with van der Waals surface area (Å²) in [6.45, 7) is 0.663. The maximum absolute atomic E-state index is 13.2. The van der Waals surface area contributed by atoms with Crippen LogP contribution in [0, 0.1) is 11.8 Å². The third-order valence-electron chi connectivity index (χ3n) is 5.38. The fraction of sp³-hybridized carbons (Fsp3) is 0.474. The van der Waals surface area contributed by atoms with Crippen LogP contribution >= 0.6 is 11.6 Å². The van der Waals surface area contributed by atoms with Crippen LogP contribution in [0.15, 0.2) is 34.4 Å². The van der Waals surface area contributed by atoms with Crippen LogP contribution in [-0.2, 0) is 9.59 Å². The van der Waals surface area contributed by atoms with E-state index < -0.39 is 12.0 Å². The van der Waals surface area contributed by atoms with E-state index in [2.05, 4.69) is 15.5 Å². The molecule has 1 aromatic rings. The zero-order valence-corrected chi connectivity index (χ0v) is 15.2. The Hall–Kier alpha value is -2.21. The molecule has 2 unspecified atom stereocenters. The second-order valence-corrected chi connectivity index (χ2v) is 7.60. The summed E-state index contributed by atoms with van der Waals surface area (Å²) in [5.41, 5.74) is 3.74. The van der Waals surface area contributed by atoms with Gasteiger partial charge in [0.25, 0.3) is 5.91 Å². The number of hydrazone groups is 1. The van der Waals surface area contributed by atoms with Crippen LogP contribution in [0.2, 0.25) is 5.02 Å². The van der Waals surface area contributed by atoms with Crippen molar-refractivity contribution >= 4 is 35.5 Å². The van der Waals surface area contributed by atoms with Crippen molar-refractivity contribution in [1.82, 2.24) is 10.3 Å². The molecule has 136 valence electrons. The number of nitrogens with one attached hydrogen (secondary N) is 1. The highest BCUT2D eigenvalue weighted by Crippen LogP contribution is 2.29. The van der Waals surface area contributed by atoms with Crippen molar-refractivity contribution in [3.63, 3.8) is 0 Å². The number of carbonyl (C=O) groups is 2. The van der Waals surface area contributed by atoms with E-state index in [9.17, 15) is 9.59 Å². The molecule has 2 amide bonds. The molecule has 0 spiro atoms. The number of aliphatic imine (C=N–C) groups is 1. The summed E-state index contributed by atoms with van der Waals surface area (Å²) in [7, 11) is 0. The Bertz CT molecular complexity index is 785. The first-order chi connectivity index (χ1) is 12.6. The summed E-state index contributed by atoms with van der Waals surface area (Å²) in [6, 6.07) is 6.40. The number of hydrogen-bond donors (Lipinski definition) is 1. The predicted molar refractivity (Wildman–Crippen MR) is 100 cm³/mol. The number of benzene rings is 1. The monoisotopic (exact) mass is 372 g/mol. The Labute approximate surface area is 157 Å². The van der Waals surface area contributed by atoms with E-state index in [-0.39, 0.29) is 11.8 Å². The second-order valence-electron chi connectivity index (χ2n) is 7.17. The fourth-order valence-electron chi connectivity index (χ4n) is 4.02. The number of nitrogens with zero attached hydrogens (tertiary/aromatic N) is 3. The maximum Gasteiger partial charge on any atom is 0.266 e. The van der Waals surface area contributed by atoms with Gasteiger partial charge in [-0.25, -0.2) is 5.43 Å². The minimum atomic E-state index is -0.767. The van der Waals surface area contributed by atoms with Crippen LogP contribution in [0.5, 0.6) is 0 Å². The molecule has 1 saturated carbocycles. The van der Waals surface area contributed by atoms with Crippen LogP contribution in [0.1, 0.15) is 37.7 Å². The molecule has 2 aliphatic heterocycles. The van der Waals surface area contributed by atoms with E-state index in [1.807, 2.05) is 12.1 Å². The number of amides is 2. The molecule has 0 saturated heterocycles. The van der Waals surface area contributed by atoms with E-state index in [0.717, 1.165) is 18.4 Å². The summed E-state index contributed by atoms with van der Waals surface area (Å²) in [6.07, 6.45) is 7.53. The summed E-state index contributed by atoms with van der Waals surface area (Å²) >= 11 is 6.09. The number of rotatable bonds is 3. The minimum Gasteiger partial charge on any atom is -0.302 e. The molecular formula is C19H21ClN4O2. The molecule has 3 aliphatic rings. The van der Waals surface area contributed by atoms with Gasteiger partial charge in [-0.2, -0.15) is 5.10 Å². The standard InChI is InChI=1S/C19H21ClN4O2/c20-14-8-4-7-13(9-14)16-15-17(18(25)23-22-16)21-11-24(19(15)26)10-12-5-2-1-3-6-12/h4,7-9,11-12,15,17H,1-3,5-6,10H2,(H,23,25). The van der Waals surface area contributed by atoms with Crippen molar-refractivity contribution < 1.29 is 9.59 Å². The number of halogens is 1. The average Bonchev–Trinajstić information content (AvgIpc) is 2.65. The van der Waals surface area contributed by atoms with E-state index in [1.165, 1.54) is 19.3 Å². The van der Waals surface area contributed by atoms with Gasteiger partial charge in [0, 0.05) is 17.1 Å². The van der Waals surface area contributed by atoms with E-state index >= 15 is 0 Å². The molecule has 1 aliphatic carbocycles. The molecule has 0 bridgehead atoms. The van der Waals surface area contributed by atoms with Crippen LogP contribution in [-0.4, -0.2) is 41.4 Å². The Balaban J connectivity index is 1.62. The van der Waals surface area contributed by atoms with Crippen LogP contribution < -0.4 is 5.43 Å². The first kappa shape index (κ1) is 17.2. The number of fused-ring (bicyclic) bond motifs is 1. The van der Waals surface area contributed by atoms with Crippen LogP contribution in [0.3, 0.4) is 0 Å². The van der Waals surface area contributed by atoms with Crippen molar-refractivity contribution in [2.45, 2.75) is 38.1 Å². The Morgan fingerprint density at radius 3 is 2.77 bits per heavy atom. The molecule has 4 rings (SSSR count). The largest absolute Gasteiger partial charge is 0.302 e. The van der Waals surface area contributed by atoms with Crippen molar-refractivity contribution in [1.29, 1.82) is 0 Å². The summed E-state index contributed by atoms with van der Waals surface area (Å²) in [5, 5.41) is 4.73. The van der Waals surface area contributed by atoms with Gasteiger partial charge in [0.2, 0.25) is 5.91 Å². The third-order valence-corrected chi connectivity index (χ3v) is 5.62. The number of hydrogen-bond acceptors (Lipinski definition) is 4. The molecule has 0 aromatic heterocycles. The molecule has 2 heterocycles. The van der Waals surface area contributed by atoms with Gasteiger partial charge in [-0.1, -0.05) is 43.0 Å². The lowest BCUT2D eigenvalue weighted by Crippen LogP contribution is -2.56. The molecule has 1 aromatic carbocycles. The quantitative estimate of drug-likeness (QED) is 0.885. The summed E-state index contributed by atoms with van der Waals surface area (Å²) < 4.78 is 0. The van der Waals surface area contributed by atoms with Gasteiger partial charge in [0.05, 0.1) is 12.1 Å². The highest BCUT2D eigenvalue weighted by molar-refractivity contribution is 6.31. The van der Waals surface area contributed by atoms with Gasteiger partial charge in [0.15, 0.2) is 0 Å². The molecule has 1 fully saturated rings. The highest BCUT2D eigenvalue weighted by atomic mass is 35.5. The second kappa shape index (κ2) is 7.19. The zero-order valence-electron chi connectivity index (χ0n) is 14.4. The average molecular weight is 373 g/mol.